The maximum Gasteiger partial charge on any atom is 0.234 e. The summed E-state index contributed by atoms with van der Waals surface area (Å²) < 4.78 is 5.30. The molecule has 0 bridgehead atoms. The minimum absolute atomic E-state index is 0.287. The van der Waals surface area contributed by atoms with E-state index < -0.39 is 0 Å². The molecule has 18 heavy (non-hydrogen) atoms. The summed E-state index contributed by atoms with van der Waals surface area (Å²) in [5.74, 6) is -0.287. The lowest BCUT2D eigenvalue weighted by atomic mass is 10.0. The number of nitrogens with two attached hydrogens (primary N) is 1. The predicted molar refractivity (Wildman–Crippen MR) is 70.1 cm³/mol. The lowest BCUT2D eigenvalue weighted by Crippen LogP contribution is -2.49. The van der Waals surface area contributed by atoms with Crippen LogP contribution in [-0.4, -0.2) is 31.2 Å². The maximum atomic E-state index is 11.5. The second kappa shape index (κ2) is 6.52. The first kappa shape index (κ1) is 13.1. The molecular formula is C14H20N2O2. The monoisotopic (exact) mass is 248 g/mol. The summed E-state index contributed by atoms with van der Waals surface area (Å²) in [6.07, 6.45) is 2.53. The van der Waals surface area contributed by atoms with Crippen LogP contribution in [0.2, 0.25) is 0 Å². The van der Waals surface area contributed by atoms with Crippen molar-refractivity contribution in [3.8, 4) is 0 Å². The van der Waals surface area contributed by atoms with Gasteiger partial charge >= 0.3 is 0 Å². The molecule has 3 N–H and O–H groups in total. The molecule has 1 saturated heterocycles. The van der Waals surface area contributed by atoms with E-state index in [1.165, 1.54) is 0 Å². The fourth-order valence-corrected chi connectivity index (χ4v) is 2.24. The summed E-state index contributed by atoms with van der Waals surface area (Å²) in [6.45, 7) is 1.52. The average molecular weight is 248 g/mol. The van der Waals surface area contributed by atoms with E-state index in [9.17, 15) is 4.79 Å². The Morgan fingerprint density at radius 1 is 1.33 bits per heavy atom. The van der Waals surface area contributed by atoms with E-state index in [4.69, 9.17) is 10.5 Å². The van der Waals surface area contributed by atoms with Gasteiger partial charge in [0.15, 0.2) is 0 Å². The molecule has 4 heteroatoms. The molecule has 98 valence electrons. The number of carbonyl (C=O) groups excluding carboxylic acids is 1. The lowest BCUT2D eigenvalue weighted by Gasteiger charge is -2.27. The average Bonchev–Trinajstić information content (AvgIpc) is 2.40. The minimum atomic E-state index is -0.296. The Bertz CT molecular complexity index is 375. The van der Waals surface area contributed by atoms with Gasteiger partial charge in [-0.15, -0.1) is 0 Å². The van der Waals surface area contributed by atoms with Gasteiger partial charge in [0.05, 0.1) is 6.04 Å². The Kier molecular flexibility index (Phi) is 4.73. The zero-order chi connectivity index (χ0) is 12.8. The van der Waals surface area contributed by atoms with Crippen molar-refractivity contribution in [3.05, 3.63) is 35.9 Å². The smallest absolute Gasteiger partial charge is 0.234 e. The topological polar surface area (TPSA) is 64.4 Å². The van der Waals surface area contributed by atoms with Gasteiger partial charge in [-0.3, -0.25) is 4.79 Å². The van der Waals surface area contributed by atoms with E-state index in [0.29, 0.717) is 12.5 Å². The number of hydrogen-bond acceptors (Lipinski definition) is 3. The number of nitrogens with one attached hydrogen (secondary N) is 1. The van der Waals surface area contributed by atoms with Gasteiger partial charge in [-0.25, -0.2) is 0 Å². The van der Waals surface area contributed by atoms with Crippen molar-refractivity contribution in [2.75, 3.05) is 13.2 Å². The van der Waals surface area contributed by atoms with Gasteiger partial charge in [-0.1, -0.05) is 30.3 Å². The van der Waals surface area contributed by atoms with Gasteiger partial charge in [0.25, 0.3) is 0 Å². The fraction of sp³-hybridized carbons (Fsp3) is 0.500. The SMILES string of the molecule is NC(=O)[C@@H](Cc1ccccc1)NC1CCOCC1. The number of benzene rings is 1. The summed E-state index contributed by atoms with van der Waals surface area (Å²) in [5.41, 5.74) is 6.59. The molecule has 2 rings (SSSR count). The van der Waals surface area contributed by atoms with Crippen molar-refractivity contribution < 1.29 is 9.53 Å². The Balaban J connectivity index is 1.93. The first-order chi connectivity index (χ1) is 8.75. The molecule has 1 amide bonds. The van der Waals surface area contributed by atoms with Gasteiger partial charge in [-0.2, -0.15) is 0 Å². The van der Waals surface area contributed by atoms with Crippen molar-refractivity contribution in [2.45, 2.75) is 31.3 Å². The number of ether oxygens (including phenoxy) is 1. The van der Waals surface area contributed by atoms with Crippen molar-refractivity contribution in [2.24, 2.45) is 5.73 Å². The molecule has 1 fully saturated rings. The van der Waals surface area contributed by atoms with E-state index in [-0.39, 0.29) is 11.9 Å². The van der Waals surface area contributed by atoms with E-state index in [1.807, 2.05) is 30.3 Å². The second-order valence-corrected chi connectivity index (χ2v) is 4.70. The van der Waals surface area contributed by atoms with Crippen LogP contribution in [0.3, 0.4) is 0 Å². The number of carbonyl (C=O) groups is 1. The van der Waals surface area contributed by atoms with Crippen LogP contribution in [-0.2, 0) is 16.0 Å². The fourth-order valence-electron chi connectivity index (χ4n) is 2.24. The molecule has 0 unspecified atom stereocenters. The molecule has 1 aliphatic rings. The Labute approximate surface area is 108 Å². The molecular weight excluding hydrogens is 228 g/mol. The molecule has 1 aromatic carbocycles. The summed E-state index contributed by atoms with van der Waals surface area (Å²) in [5, 5.41) is 3.35. The quantitative estimate of drug-likeness (QED) is 0.812. The summed E-state index contributed by atoms with van der Waals surface area (Å²) in [7, 11) is 0. The Morgan fingerprint density at radius 2 is 2.00 bits per heavy atom. The van der Waals surface area contributed by atoms with Crippen molar-refractivity contribution in [1.82, 2.24) is 5.32 Å². The minimum Gasteiger partial charge on any atom is -0.381 e. The molecule has 1 aromatic rings. The largest absolute Gasteiger partial charge is 0.381 e. The number of amides is 1. The highest BCUT2D eigenvalue weighted by molar-refractivity contribution is 5.80. The molecule has 1 heterocycles. The number of primary amides is 1. The lowest BCUT2D eigenvalue weighted by molar-refractivity contribution is -0.120. The summed E-state index contributed by atoms with van der Waals surface area (Å²) in [6, 6.07) is 9.98. The molecule has 1 atom stereocenters. The molecule has 0 spiro atoms. The predicted octanol–water partition coefficient (Wildman–Crippen LogP) is 0.852. The number of rotatable bonds is 5. The van der Waals surface area contributed by atoms with E-state index in [1.54, 1.807) is 0 Å². The Morgan fingerprint density at radius 3 is 2.61 bits per heavy atom. The third-order valence-electron chi connectivity index (χ3n) is 3.28. The first-order valence-electron chi connectivity index (χ1n) is 6.43. The van der Waals surface area contributed by atoms with Crippen LogP contribution in [0.1, 0.15) is 18.4 Å². The van der Waals surface area contributed by atoms with E-state index >= 15 is 0 Å². The van der Waals surface area contributed by atoms with Crippen molar-refractivity contribution >= 4 is 5.91 Å². The van der Waals surface area contributed by atoms with Gasteiger partial charge in [0, 0.05) is 19.3 Å². The highest BCUT2D eigenvalue weighted by Crippen LogP contribution is 2.09. The molecule has 4 nitrogen and oxygen atoms in total. The molecule has 0 radical (unpaired) electrons. The third-order valence-corrected chi connectivity index (χ3v) is 3.28. The van der Waals surface area contributed by atoms with Crippen LogP contribution in [0, 0.1) is 0 Å². The zero-order valence-electron chi connectivity index (χ0n) is 10.5. The van der Waals surface area contributed by atoms with Gasteiger partial charge < -0.3 is 15.8 Å². The highest BCUT2D eigenvalue weighted by atomic mass is 16.5. The van der Waals surface area contributed by atoms with E-state index in [2.05, 4.69) is 5.32 Å². The summed E-state index contributed by atoms with van der Waals surface area (Å²) in [4.78, 5) is 11.5. The van der Waals surface area contributed by atoms with Gasteiger partial charge in [0.1, 0.15) is 0 Å². The van der Waals surface area contributed by atoms with Crippen LogP contribution in [0.5, 0.6) is 0 Å². The zero-order valence-corrected chi connectivity index (χ0v) is 10.5. The highest BCUT2D eigenvalue weighted by Gasteiger charge is 2.21. The van der Waals surface area contributed by atoms with Gasteiger partial charge in [0.2, 0.25) is 5.91 Å². The first-order valence-corrected chi connectivity index (χ1v) is 6.43. The van der Waals surface area contributed by atoms with Crippen LogP contribution in [0.4, 0.5) is 0 Å². The van der Waals surface area contributed by atoms with Crippen LogP contribution >= 0.6 is 0 Å². The standard InChI is InChI=1S/C14H20N2O2/c15-14(17)13(10-11-4-2-1-3-5-11)16-12-6-8-18-9-7-12/h1-5,12-13,16H,6-10H2,(H2,15,17)/t13-/m1/s1. The van der Waals surface area contributed by atoms with E-state index in [0.717, 1.165) is 31.6 Å². The van der Waals surface area contributed by atoms with Crippen molar-refractivity contribution in [3.63, 3.8) is 0 Å². The van der Waals surface area contributed by atoms with Crippen LogP contribution < -0.4 is 11.1 Å². The maximum absolute atomic E-state index is 11.5. The van der Waals surface area contributed by atoms with Gasteiger partial charge in [-0.05, 0) is 24.8 Å². The molecule has 0 aliphatic carbocycles. The number of hydrogen-bond donors (Lipinski definition) is 2. The Hall–Kier alpha value is -1.39. The van der Waals surface area contributed by atoms with Crippen molar-refractivity contribution in [1.29, 1.82) is 0 Å². The normalized spacial score (nSPS) is 18.4. The molecule has 1 aliphatic heterocycles. The van der Waals surface area contributed by atoms with Crippen LogP contribution in [0.15, 0.2) is 30.3 Å². The van der Waals surface area contributed by atoms with Crippen LogP contribution in [0.25, 0.3) is 0 Å². The molecule has 0 aromatic heterocycles. The third kappa shape index (κ3) is 3.82. The summed E-state index contributed by atoms with van der Waals surface area (Å²) >= 11 is 0. The molecule has 0 saturated carbocycles. The second-order valence-electron chi connectivity index (χ2n) is 4.70.